The van der Waals surface area contributed by atoms with Crippen molar-refractivity contribution in [2.45, 2.75) is 26.6 Å². The van der Waals surface area contributed by atoms with E-state index < -0.39 is 17.7 Å². The Balaban J connectivity index is 1.90. The standard InChI is InChI=1S/C27H23F3N2O3/c1-16-8-10-23(32(16)24-14-20(31)13-21(17(24)2)26(33)34)22-12-19(27(28,29)30)9-11-25(22)35-15-18-6-4-3-5-7-18/h3-14H,15,31H2,1-2H3,(H,33,34). The Morgan fingerprint density at radius 1 is 1.00 bits per heavy atom. The van der Waals surface area contributed by atoms with Crippen LogP contribution in [0.15, 0.2) is 72.8 Å². The van der Waals surface area contributed by atoms with E-state index in [2.05, 4.69) is 0 Å². The molecule has 5 nitrogen and oxygen atoms in total. The topological polar surface area (TPSA) is 77.5 Å². The summed E-state index contributed by atoms with van der Waals surface area (Å²) in [6.07, 6.45) is -4.55. The monoisotopic (exact) mass is 480 g/mol. The maximum Gasteiger partial charge on any atom is 0.416 e. The van der Waals surface area contributed by atoms with Gasteiger partial charge < -0.3 is 20.1 Å². The Labute approximate surface area is 200 Å². The third-order valence-corrected chi connectivity index (χ3v) is 5.77. The predicted octanol–water partition coefficient (Wildman–Crippen LogP) is 6.64. The summed E-state index contributed by atoms with van der Waals surface area (Å²) in [7, 11) is 0. The van der Waals surface area contributed by atoms with Crippen LogP contribution in [0.5, 0.6) is 5.75 Å². The second-order valence-electron chi connectivity index (χ2n) is 8.20. The number of nitrogen functional groups attached to an aromatic ring is 1. The molecule has 8 heteroatoms. The number of hydrogen-bond acceptors (Lipinski definition) is 3. The number of aromatic nitrogens is 1. The van der Waals surface area contributed by atoms with Crippen molar-refractivity contribution >= 4 is 11.7 Å². The highest BCUT2D eigenvalue weighted by Crippen LogP contribution is 2.40. The van der Waals surface area contributed by atoms with Crippen molar-refractivity contribution < 1.29 is 27.8 Å². The molecule has 35 heavy (non-hydrogen) atoms. The third-order valence-electron chi connectivity index (χ3n) is 5.77. The number of rotatable bonds is 6. The number of carboxylic acid groups (broad SMARTS) is 1. The van der Waals surface area contributed by atoms with E-state index in [1.165, 1.54) is 12.1 Å². The minimum absolute atomic E-state index is 0.0173. The SMILES string of the molecule is Cc1c(C(=O)O)cc(N)cc1-n1c(C)ccc1-c1cc(C(F)(F)F)ccc1OCc1ccccc1. The van der Waals surface area contributed by atoms with Crippen LogP contribution in [0.2, 0.25) is 0 Å². The van der Waals surface area contributed by atoms with Gasteiger partial charge in [-0.2, -0.15) is 13.2 Å². The Morgan fingerprint density at radius 3 is 2.37 bits per heavy atom. The number of ether oxygens (including phenoxy) is 1. The molecule has 0 aliphatic rings. The Hall–Kier alpha value is -4.20. The molecule has 1 heterocycles. The van der Waals surface area contributed by atoms with Crippen molar-refractivity contribution in [1.29, 1.82) is 0 Å². The fourth-order valence-corrected chi connectivity index (χ4v) is 4.01. The maximum atomic E-state index is 13.6. The molecule has 0 radical (unpaired) electrons. The number of carbonyl (C=O) groups is 1. The van der Waals surface area contributed by atoms with Gasteiger partial charge in [-0.1, -0.05) is 30.3 Å². The molecule has 0 saturated carbocycles. The molecule has 4 aromatic rings. The number of alkyl halides is 3. The summed E-state index contributed by atoms with van der Waals surface area (Å²) in [6, 6.07) is 19.0. The Kier molecular flexibility index (Phi) is 6.30. The maximum absolute atomic E-state index is 13.6. The van der Waals surface area contributed by atoms with Gasteiger partial charge in [-0.15, -0.1) is 0 Å². The third kappa shape index (κ3) is 4.87. The number of halogens is 3. The molecule has 3 aromatic carbocycles. The lowest BCUT2D eigenvalue weighted by Gasteiger charge is -2.20. The van der Waals surface area contributed by atoms with Crippen LogP contribution in [-0.4, -0.2) is 15.6 Å². The van der Waals surface area contributed by atoms with E-state index in [0.717, 1.165) is 17.7 Å². The first kappa shape index (κ1) is 23.9. The molecule has 0 aliphatic heterocycles. The van der Waals surface area contributed by atoms with Gasteiger partial charge in [0.1, 0.15) is 12.4 Å². The minimum atomic E-state index is -4.55. The number of aromatic carboxylic acids is 1. The van der Waals surface area contributed by atoms with E-state index >= 15 is 0 Å². The van der Waals surface area contributed by atoms with Gasteiger partial charge in [0.25, 0.3) is 0 Å². The predicted molar refractivity (Wildman–Crippen MR) is 128 cm³/mol. The lowest BCUT2D eigenvalue weighted by molar-refractivity contribution is -0.137. The van der Waals surface area contributed by atoms with Crippen molar-refractivity contribution in [3.63, 3.8) is 0 Å². The second kappa shape index (κ2) is 9.21. The van der Waals surface area contributed by atoms with Crippen molar-refractivity contribution in [2.24, 2.45) is 0 Å². The van der Waals surface area contributed by atoms with Crippen LogP contribution in [0.3, 0.4) is 0 Å². The average Bonchev–Trinajstić information content (AvgIpc) is 3.19. The van der Waals surface area contributed by atoms with Crippen LogP contribution >= 0.6 is 0 Å². The van der Waals surface area contributed by atoms with E-state index in [9.17, 15) is 23.1 Å². The van der Waals surface area contributed by atoms with E-state index in [0.29, 0.717) is 22.6 Å². The highest BCUT2D eigenvalue weighted by atomic mass is 19.4. The zero-order valence-corrected chi connectivity index (χ0v) is 19.1. The Morgan fingerprint density at radius 2 is 1.71 bits per heavy atom. The lowest BCUT2D eigenvalue weighted by Crippen LogP contribution is -2.10. The summed E-state index contributed by atoms with van der Waals surface area (Å²) >= 11 is 0. The molecule has 4 rings (SSSR count). The van der Waals surface area contributed by atoms with E-state index in [4.69, 9.17) is 10.5 Å². The molecule has 0 unspecified atom stereocenters. The zero-order chi connectivity index (χ0) is 25.3. The molecule has 3 N–H and O–H groups in total. The van der Waals surface area contributed by atoms with E-state index in [1.54, 1.807) is 36.6 Å². The summed E-state index contributed by atoms with van der Waals surface area (Å²) in [5.41, 5.74) is 8.51. The van der Waals surface area contributed by atoms with Gasteiger partial charge in [-0.05, 0) is 67.4 Å². The normalized spacial score (nSPS) is 11.5. The van der Waals surface area contributed by atoms with Gasteiger partial charge in [0.15, 0.2) is 0 Å². The summed E-state index contributed by atoms with van der Waals surface area (Å²) in [6.45, 7) is 3.59. The number of benzene rings is 3. The Bertz CT molecular complexity index is 1390. The van der Waals surface area contributed by atoms with Crippen LogP contribution in [0.1, 0.15) is 32.7 Å². The van der Waals surface area contributed by atoms with E-state index in [1.807, 2.05) is 30.3 Å². The molecule has 0 spiro atoms. The van der Waals surface area contributed by atoms with Gasteiger partial charge >= 0.3 is 12.1 Å². The molecule has 0 aliphatic carbocycles. The van der Waals surface area contributed by atoms with Crippen LogP contribution in [0, 0.1) is 13.8 Å². The number of nitrogens with two attached hydrogens (primary N) is 1. The van der Waals surface area contributed by atoms with Crippen molar-refractivity contribution in [2.75, 3.05) is 5.73 Å². The highest BCUT2D eigenvalue weighted by Gasteiger charge is 2.32. The van der Waals surface area contributed by atoms with Crippen molar-refractivity contribution in [3.05, 3.63) is 101 Å². The molecule has 1 aromatic heterocycles. The van der Waals surface area contributed by atoms with Crippen LogP contribution < -0.4 is 10.5 Å². The fourth-order valence-electron chi connectivity index (χ4n) is 4.01. The number of nitrogens with zero attached hydrogens (tertiary/aromatic N) is 1. The number of aryl methyl sites for hydroxylation is 1. The molecule has 0 fully saturated rings. The number of anilines is 1. The van der Waals surface area contributed by atoms with Crippen LogP contribution in [-0.2, 0) is 12.8 Å². The first-order chi connectivity index (χ1) is 16.6. The molecule has 0 amide bonds. The lowest BCUT2D eigenvalue weighted by atomic mass is 10.0. The number of hydrogen-bond donors (Lipinski definition) is 2. The summed E-state index contributed by atoms with van der Waals surface area (Å²) in [4.78, 5) is 11.8. The summed E-state index contributed by atoms with van der Waals surface area (Å²) < 4.78 is 48.5. The van der Waals surface area contributed by atoms with Gasteiger partial charge in [0, 0.05) is 16.9 Å². The average molecular weight is 480 g/mol. The number of carboxylic acids is 1. The van der Waals surface area contributed by atoms with Gasteiger partial charge in [-0.3, -0.25) is 0 Å². The molecular formula is C27H23F3N2O3. The highest BCUT2D eigenvalue weighted by molar-refractivity contribution is 5.92. The van der Waals surface area contributed by atoms with Crippen LogP contribution in [0.25, 0.3) is 16.9 Å². The van der Waals surface area contributed by atoms with Crippen molar-refractivity contribution in [1.82, 2.24) is 4.57 Å². The first-order valence-corrected chi connectivity index (χ1v) is 10.8. The van der Waals surface area contributed by atoms with Crippen LogP contribution in [0.4, 0.5) is 18.9 Å². The smallest absolute Gasteiger partial charge is 0.416 e. The summed E-state index contributed by atoms with van der Waals surface area (Å²) in [5, 5.41) is 9.61. The largest absolute Gasteiger partial charge is 0.488 e. The zero-order valence-electron chi connectivity index (χ0n) is 19.1. The fraction of sp³-hybridized carbons (Fsp3) is 0.148. The molecule has 0 atom stereocenters. The van der Waals surface area contributed by atoms with E-state index in [-0.39, 0.29) is 29.2 Å². The molecule has 0 bridgehead atoms. The van der Waals surface area contributed by atoms with Crippen molar-refractivity contribution in [3.8, 4) is 22.7 Å². The molecule has 180 valence electrons. The second-order valence-corrected chi connectivity index (χ2v) is 8.20. The van der Waals surface area contributed by atoms with Gasteiger partial charge in [0.2, 0.25) is 0 Å². The summed E-state index contributed by atoms with van der Waals surface area (Å²) in [5.74, 6) is -0.880. The first-order valence-electron chi connectivity index (χ1n) is 10.8. The molecule has 0 saturated heterocycles. The molecular weight excluding hydrogens is 457 g/mol. The van der Waals surface area contributed by atoms with Gasteiger partial charge in [-0.25, -0.2) is 4.79 Å². The minimum Gasteiger partial charge on any atom is -0.488 e. The van der Waals surface area contributed by atoms with Gasteiger partial charge in [0.05, 0.1) is 22.5 Å². The quantitative estimate of drug-likeness (QED) is 0.303.